The maximum atomic E-state index is 10.7. The number of aryl methyl sites for hydroxylation is 1. The number of hydrogen-bond donors (Lipinski definition) is 2. The number of hydrogen-bond acceptors (Lipinski definition) is 9. The second kappa shape index (κ2) is 12.9. The first kappa shape index (κ1) is 29.4. The van der Waals surface area contributed by atoms with E-state index in [1.807, 2.05) is 85.7 Å². The zero-order chi connectivity index (χ0) is 30.6. The Labute approximate surface area is 258 Å². The number of rotatable bonds is 10. The van der Waals surface area contributed by atoms with Gasteiger partial charge in [0.2, 0.25) is 0 Å². The first-order chi connectivity index (χ1) is 21.4. The molecule has 44 heavy (non-hydrogen) atoms. The normalized spacial score (nSPS) is 18.2. The van der Waals surface area contributed by atoms with Crippen molar-refractivity contribution in [3.05, 3.63) is 84.1 Å². The molecule has 0 saturated carbocycles. The van der Waals surface area contributed by atoms with Crippen LogP contribution < -0.4 is 10.1 Å². The fourth-order valence-electron chi connectivity index (χ4n) is 5.92. The van der Waals surface area contributed by atoms with Crippen molar-refractivity contribution in [2.45, 2.75) is 38.1 Å². The van der Waals surface area contributed by atoms with Crippen molar-refractivity contribution in [1.82, 2.24) is 34.0 Å². The summed E-state index contributed by atoms with van der Waals surface area (Å²) in [7, 11) is 4.01. The van der Waals surface area contributed by atoms with E-state index in [0.29, 0.717) is 24.8 Å². The number of piperidine rings is 1. The summed E-state index contributed by atoms with van der Waals surface area (Å²) in [6, 6.07) is 12.1. The van der Waals surface area contributed by atoms with E-state index in [0.717, 1.165) is 54.3 Å². The number of benzene rings is 1. The minimum Gasteiger partial charge on any atom is -0.457 e. The number of nitrogens with one attached hydrogen (secondary N) is 1. The summed E-state index contributed by atoms with van der Waals surface area (Å²) >= 11 is 0. The van der Waals surface area contributed by atoms with Crippen LogP contribution in [0.4, 0.5) is 5.69 Å². The molecule has 2 N–H and O–H groups in total. The van der Waals surface area contributed by atoms with Crippen LogP contribution in [0.2, 0.25) is 0 Å². The summed E-state index contributed by atoms with van der Waals surface area (Å²) < 4.78 is 9.87. The molecule has 6 rings (SSSR count). The van der Waals surface area contributed by atoms with Gasteiger partial charge in [0.25, 0.3) is 0 Å². The molecule has 2 aliphatic rings. The van der Waals surface area contributed by atoms with Gasteiger partial charge in [-0.15, -0.1) is 6.42 Å². The molecule has 4 aromatic rings. The van der Waals surface area contributed by atoms with E-state index in [1.54, 1.807) is 4.52 Å². The van der Waals surface area contributed by atoms with Crippen LogP contribution in [0.15, 0.2) is 72.4 Å². The SMILES string of the molecule is C#CCN(C)C/C=C/C(O)N1CCC(c2ccn3c2C(Nc2ccc(Oc4ccn5ncnc5c4)c(C)c2)N(C)C=N3)CC1. The van der Waals surface area contributed by atoms with Gasteiger partial charge in [-0.05, 0) is 80.3 Å². The standard InChI is InChI=1S/C33H39N9O2/c1-5-14-38(3)15-6-7-31(43)40-16-10-25(11-17-40)28-13-19-42-32(28)33(39(4)23-36-42)37-26-8-9-29(24(2)20-26)44-27-12-18-41-30(21-27)34-22-35-41/h1,6-9,12-13,18-23,25,31,33,37,43H,10-11,14-17H2,2-4H3/b7-6+. The largest absolute Gasteiger partial charge is 0.457 e. The smallest absolute Gasteiger partial charge is 0.158 e. The van der Waals surface area contributed by atoms with Crippen LogP contribution in [-0.2, 0) is 0 Å². The van der Waals surface area contributed by atoms with Crippen LogP contribution in [-0.4, -0.2) is 91.9 Å². The molecule has 0 spiro atoms. The van der Waals surface area contributed by atoms with Gasteiger partial charge in [0.05, 0.1) is 12.2 Å². The summed E-state index contributed by atoms with van der Waals surface area (Å²) in [5, 5.41) is 23.3. The number of nitrogens with zero attached hydrogens (tertiary/aromatic N) is 8. The molecule has 2 unspecified atom stereocenters. The van der Waals surface area contributed by atoms with Crippen LogP contribution in [0.5, 0.6) is 11.5 Å². The molecular formula is C33H39N9O2. The summed E-state index contributed by atoms with van der Waals surface area (Å²) in [6.45, 7) is 4.99. The predicted molar refractivity (Wildman–Crippen MR) is 172 cm³/mol. The van der Waals surface area contributed by atoms with Gasteiger partial charge in [0.1, 0.15) is 36.6 Å². The molecule has 2 aliphatic heterocycles. The van der Waals surface area contributed by atoms with Crippen molar-refractivity contribution in [3.8, 4) is 23.8 Å². The highest BCUT2D eigenvalue weighted by Gasteiger charge is 2.32. The van der Waals surface area contributed by atoms with Gasteiger partial charge in [-0.25, -0.2) is 14.2 Å². The molecule has 0 aliphatic carbocycles. The average molecular weight is 594 g/mol. The van der Waals surface area contributed by atoms with E-state index in [2.05, 4.69) is 48.4 Å². The van der Waals surface area contributed by atoms with Crippen molar-refractivity contribution < 1.29 is 9.84 Å². The first-order valence-corrected chi connectivity index (χ1v) is 14.9. The Morgan fingerprint density at radius 1 is 1.20 bits per heavy atom. The van der Waals surface area contributed by atoms with Crippen molar-refractivity contribution in [3.63, 3.8) is 0 Å². The molecular weight excluding hydrogens is 554 g/mol. The Bertz CT molecular complexity index is 1690. The van der Waals surface area contributed by atoms with E-state index in [-0.39, 0.29) is 6.17 Å². The monoisotopic (exact) mass is 593 g/mol. The first-order valence-electron chi connectivity index (χ1n) is 14.9. The highest BCUT2D eigenvalue weighted by Crippen LogP contribution is 2.38. The number of anilines is 1. The highest BCUT2D eigenvalue weighted by molar-refractivity contribution is 5.61. The molecule has 11 nitrogen and oxygen atoms in total. The molecule has 0 bridgehead atoms. The summed E-state index contributed by atoms with van der Waals surface area (Å²) in [5.41, 5.74) is 5.18. The Balaban J connectivity index is 1.12. The lowest BCUT2D eigenvalue weighted by atomic mass is 9.88. The number of likely N-dealkylation sites (tertiary alicyclic amines) is 1. The molecule has 5 heterocycles. The van der Waals surface area contributed by atoms with Gasteiger partial charge in [-0.1, -0.05) is 12.0 Å². The van der Waals surface area contributed by atoms with Crippen LogP contribution in [0.3, 0.4) is 0 Å². The van der Waals surface area contributed by atoms with Crippen LogP contribution in [0, 0.1) is 19.3 Å². The molecule has 3 aromatic heterocycles. The van der Waals surface area contributed by atoms with Crippen LogP contribution in [0.1, 0.15) is 41.7 Å². The average Bonchev–Trinajstić information content (AvgIpc) is 3.67. The molecule has 0 radical (unpaired) electrons. The molecule has 228 valence electrons. The third-order valence-electron chi connectivity index (χ3n) is 8.35. The highest BCUT2D eigenvalue weighted by atomic mass is 16.5. The zero-order valence-corrected chi connectivity index (χ0v) is 25.4. The van der Waals surface area contributed by atoms with Crippen molar-refractivity contribution in [2.75, 3.05) is 45.6 Å². The van der Waals surface area contributed by atoms with Crippen LogP contribution >= 0.6 is 0 Å². The fraction of sp³-hybridized carbons (Fsp3) is 0.364. The summed E-state index contributed by atoms with van der Waals surface area (Å²) in [4.78, 5) is 10.5. The van der Waals surface area contributed by atoms with E-state index in [1.165, 1.54) is 11.9 Å². The molecule has 0 amide bonds. The number of ether oxygens (including phenoxy) is 1. The van der Waals surface area contributed by atoms with E-state index >= 15 is 0 Å². The Kier molecular flexibility index (Phi) is 8.65. The number of pyridine rings is 1. The van der Waals surface area contributed by atoms with Crippen LogP contribution in [0.25, 0.3) is 5.65 Å². The summed E-state index contributed by atoms with van der Waals surface area (Å²) in [5.74, 6) is 4.51. The molecule has 2 atom stereocenters. The van der Waals surface area contributed by atoms with Gasteiger partial charge < -0.3 is 20.1 Å². The minimum atomic E-state index is -0.593. The van der Waals surface area contributed by atoms with Crippen molar-refractivity contribution >= 4 is 17.7 Å². The van der Waals surface area contributed by atoms with E-state index in [9.17, 15) is 5.11 Å². The third-order valence-corrected chi connectivity index (χ3v) is 8.35. The second-order valence-corrected chi connectivity index (χ2v) is 11.5. The molecule has 1 fully saturated rings. The van der Waals surface area contributed by atoms with Gasteiger partial charge in [-0.3, -0.25) is 9.80 Å². The van der Waals surface area contributed by atoms with Gasteiger partial charge in [0.15, 0.2) is 5.65 Å². The molecule has 11 heteroatoms. The predicted octanol–water partition coefficient (Wildman–Crippen LogP) is 4.10. The quantitative estimate of drug-likeness (QED) is 0.210. The van der Waals surface area contributed by atoms with E-state index < -0.39 is 6.23 Å². The number of fused-ring (bicyclic) bond motifs is 2. The number of terminal acetylenes is 1. The number of aliphatic hydroxyl groups excluding tert-OH is 1. The molecule has 1 saturated heterocycles. The Morgan fingerprint density at radius 2 is 2.05 bits per heavy atom. The van der Waals surface area contributed by atoms with Gasteiger partial charge >= 0.3 is 0 Å². The number of aliphatic hydroxyl groups is 1. The maximum Gasteiger partial charge on any atom is 0.158 e. The topological polar surface area (TPSA) is 98.7 Å². The lowest BCUT2D eigenvalue weighted by Crippen LogP contribution is -2.40. The second-order valence-electron chi connectivity index (χ2n) is 11.5. The lowest BCUT2D eigenvalue weighted by Gasteiger charge is -2.37. The van der Waals surface area contributed by atoms with Crippen molar-refractivity contribution in [1.29, 1.82) is 0 Å². The maximum absolute atomic E-state index is 10.7. The Hall–Kier alpha value is -4.63. The zero-order valence-electron chi connectivity index (χ0n) is 25.4. The third kappa shape index (κ3) is 6.33. The van der Waals surface area contributed by atoms with Crippen molar-refractivity contribution in [2.24, 2.45) is 5.10 Å². The number of likely N-dealkylation sites (N-methyl/N-ethyl adjacent to an activating group) is 1. The Morgan fingerprint density at radius 3 is 2.84 bits per heavy atom. The van der Waals surface area contributed by atoms with Gasteiger partial charge in [0, 0.05) is 50.8 Å². The van der Waals surface area contributed by atoms with E-state index in [4.69, 9.17) is 11.2 Å². The number of aromatic nitrogens is 4. The molecule has 1 aromatic carbocycles. The summed E-state index contributed by atoms with van der Waals surface area (Å²) in [6.07, 6.45) is 17.7. The minimum absolute atomic E-state index is 0.0921. The fourth-order valence-corrected chi connectivity index (χ4v) is 5.92. The van der Waals surface area contributed by atoms with Gasteiger partial charge in [-0.2, -0.15) is 10.2 Å². The lowest BCUT2D eigenvalue weighted by molar-refractivity contribution is 0.0238.